The van der Waals surface area contributed by atoms with Crippen LogP contribution in [0.4, 0.5) is 0 Å². The van der Waals surface area contributed by atoms with Gasteiger partial charge in [-0.15, -0.1) is 0 Å². The zero-order chi connectivity index (χ0) is 14.8. The Morgan fingerprint density at radius 2 is 1.35 bits per heavy atom. The van der Waals surface area contributed by atoms with E-state index in [4.69, 9.17) is 0 Å². The van der Waals surface area contributed by atoms with Crippen LogP contribution in [0.3, 0.4) is 0 Å². The van der Waals surface area contributed by atoms with Gasteiger partial charge in [-0.1, -0.05) is 40.0 Å². The Bertz CT molecular complexity index is 359. The summed E-state index contributed by atoms with van der Waals surface area (Å²) in [7, 11) is 0. The van der Waals surface area contributed by atoms with Crippen molar-refractivity contribution in [3.05, 3.63) is 0 Å². The minimum absolute atomic E-state index is 0.197. The second-order valence-corrected chi connectivity index (χ2v) is 7.20. The first-order valence-electron chi connectivity index (χ1n) is 7.98. The molecule has 114 valence electrons. The summed E-state index contributed by atoms with van der Waals surface area (Å²) < 4.78 is 0. The zero-order valence-corrected chi connectivity index (χ0v) is 13.2. The maximum atomic E-state index is 12.4. The molecular weight excluding hydrogens is 252 g/mol. The van der Waals surface area contributed by atoms with E-state index in [1.165, 1.54) is 19.3 Å². The van der Waals surface area contributed by atoms with Crippen LogP contribution in [0.2, 0.25) is 0 Å². The molecular formula is C16H28N2O2. The summed E-state index contributed by atoms with van der Waals surface area (Å²) in [6.45, 7) is 8.65. The molecule has 0 unspecified atom stereocenters. The smallest absolute Gasteiger partial charge is 0.228 e. The Balaban J connectivity index is 1.84. The average Bonchev–Trinajstić information content (AvgIpc) is 2.46. The van der Waals surface area contributed by atoms with E-state index in [0.717, 1.165) is 12.8 Å². The topological polar surface area (TPSA) is 40.6 Å². The zero-order valence-electron chi connectivity index (χ0n) is 13.2. The van der Waals surface area contributed by atoms with E-state index in [0.29, 0.717) is 32.1 Å². The van der Waals surface area contributed by atoms with Crippen molar-refractivity contribution in [2.45, 2.75) is 52.9 Å². The van der Waals surface area contributed by atoms with Gasteiger partial charge in [-0.25, -0.2) is 0 Å². The number of carbonyl (C=O) groups excluding carboxylic acids is 2. The molecule has 1 aliphatic carbocycles. The molecule has 2 rings (SSSR count). The second kappa shape index (κ2) is 6.15. The van der Waals surface area contributed by atoms with E-state index < -0.39 is 0 Å². The van der Waals surface area contributed by atoms with Crippen molar-refractivity contribution in [1.29, 1.82) is 0 Å². The highest BCUT2D eigenvalue weighted by Crippen LogP contribution is 2.26. The summed E-state index contributed by atoms with van der Waals surface area (Å²) in [5, 5.41) is 0. The molecule has 1 heterocycles. The number of carbonyl (C=O) groups is 2. The third-order valence-corrected chi connectivity index (χ3v) is 4.47. The highest BCUT2D eigenvalue weighted by atomic mass is 16.2. The Labute approximate surface area is 122 Å². The lowest BCUT2D eigenvalue weighted by Gasteiger charge is -2.39. The minimum atomic E-state index is -0.324. The summed E-state index contributed by atoms with van der Waals surface area (Å²) in [6, 6.07) is 0. The molecule has 1 saturated carbocycles. The number of hydrogen-bond donors (Lipinski definition) is 0. The van der Waals surface area contributed by atoms with Crippen molar-refractivity contribution < 1.29 is 9.59 Å². The molecule has 0 aromatic carbocycles. The summed E-state index contributed by atoms with van der Waals surface area (Å²) >= 11 is 0. The minimum Gasteiger partial charge on any atom is -0.339 e. The highest BCUT2D eigenvalue weighted by Gasteiger charge is 2.32. The van der Waals surface area contributed by atoms with Gasteiger partial charge in [-0.3, -0.25) is 9.59 Å². The number of amides is 2. The van der Waals surface area contributed by atoms with Gasteiger partial charge in [-0.2, -0.15) is 0 Å². The van der Waals surface area contributed by atoms with Crippen molar-refractivity contribution in [2.24, 2.45) is 11.3 Å². The summed E-state index contributed by atoms with van der Waals surface area (Å²) in [6.07, 6.45) is 5.77. The van der Waals surface area contributed by atoms with Gasteiger partial charge in [0.05, 0.1) is 0 Å². The van der Waals surface area contributed by atoms with Gasteiger partial charge in [0.2, 0.25) is 11.8 Å². The van der Waals surface area contributed by atoms with E-state index >= 15 is 0 Å². The molecule has 4 nitrogen and oxygen atoms in total. The molecule has 2 fully saturated rings. The molecule has 0 N–H and O–H groups in total. The normalized spacial score (nSPS) is 21.9. The Morgan fingerprint density at radius 1 is 0.850 bits per heavy atom. The molecule has 0 bridgehead atoms. The molecule has 20 heavy (non-hydrogen) atoms. The van der Waals surface area contributed by atoms with Crippen LogP contribution >= 0.6 is 0 Å². The fourth-order valence-corrected chi connectivity index (χ4v) is 3.21. The van der Waals surface area contributed by atoms with Crippen molar-refractivity contribution in [1.82, 2.24) is 9.80 Å². The maximum Gasteiger partial charge on any atom is 0.228 e. The van der Waals surface area contributed by atoms with Gasteiger partial charge in [0, 0.05) is 37.5 Å². The summed E-state index contributed by atoms with van der Waals surface area (Å²) in [4.78, 5) is 28.6. The first kappa shape index (κ1) is 15.3. The van der Waals surface area contributed by atoms with Crippen molar-refractivity contribution >= 4 is 11.8 Å². The molecule has 0 aromatic rings. The standard InChI is InChI=1S/C16H28N2O2/c1-16(2,3)15(20)18-11-9-17(10-12-18)14(19)13-7-5-4-6-8-13/h13H,4-12H2,1-3H3. The van der Waals surface area contributed by atoms with Crippen molar-refractivity contribution in [3.63, 3.8) is 0 Å². The lowest BCUT2D eigenvalue weighted by molar-refractivity contribution is -0.146. The predicted molar refractivity (Wildman–Crippen MR) is 79.2 cm³/mol. The second-order valence-electron chi connectivity index (χ2n) is 7.20. The molecule has 1 aliphatic heterocycles. The average molecular weight is 280 g/mol. The van der Waals surface area contributed by atoms with Crippen LogP contribution in [-0.4, -0.2) is 47.8 Å². The van der Waals surface area contributed by atoms with Crippen LogP contribution in [0.15, 0.2) is 0 Å². The van der Waals surface area contributed by atoms with Gasteiger partial charge in [0.25, 0.3) is 0 Å². The van der Waals surface area contributed by atoms with E-state index in [9.17, 15) is 9.59 Å². The van der Waals surface area contributed by atoms with Gasteiger partial charge in [0.15, 0.2) is 0 Å². The third kappa shape index (κ3) is 3.53. The van der Waals surface area contributed by atoms with Crippen LogP contribution < -0.4 is 0 Å². The summed E-state index contributed by atoms with van der Waals surface area (Å²) in [5.41, 5.74) is -0.324. The first-order chi connectivity index (χ1) is 9.39. The van der Waals surface area contributed by atoms with Crippen LogP contribution in [0.1, 0.15) is 52.9 Å². The van der Waals surface area contributed by atoms with Crippen molar-refractivity contribution in [2.75, 3.05) is 26.2 Å². The van der Waals surface area contributed by atoms with Gasteiger partial charge in [0.1, 0.15) is 0 Å². The molecule has 0 atom stereocenters. The SMILES string of the molecule is CC(C)(C)C(=O)N1CCN(C(=O)C2CCCCC2)CC1. The van der Waals surface area contributed by atoms with Crippen molar-refractivity contribution in [3.8, 4) is 0 Å². The van der Waals surface area contributed by atoms with Crippen LogP contribution in [0.5, 0.6) is 0 Å². The summed E-state index contributed by atoms with van der Waals surface area (Å²) in [5.74, 6) is 0.767. The van der Waals surface area contributed by atoms with Gasteiger partial charge >= 0.3 is 0 Å². The Hall–Kier alpha value is -1.06. The molecule has 0 spiro atoms. The lowest BCUT2D eigenvalue weighted by atomic mass is 9.88. The third-order valence-electron chi connectivity index (χ3n) is 4.47. The molecule has 1 saturated heterocycles. The van der Waals surface area contributed by atoms with E-state index in [1.807, 2.05) is 30.6 Å². The van der Waals surface area contributed by atoms with Crippen LogP contribution in [0, 0.1) is 11.3 Å². The fourth-order valence-electron chi connectivity index (χ4n) is 3.21. The molecule has 0 aromatic heterocycles. The quantitative estimate of drug-likeness (QED) is 0.739. The van der Waals surface area contributed by atoms with E-state index in [-0.39, 0.29) is 17.2 Å². The van der Waals surface area contributed by atoms with E-state index in [2.05, 4.69) is 0 Å². The Kier molecular flexibility index (Phi) is 4.71. The van der Waals surface area contributed by atoms with Crippen LogP contribution in [0.25, 0.3) is 0 Å². The fraction of sp³-hybridized carbons (Fsp3) is 0.875. The highest BCUT2D eigenvalue weighted by molar-refractivity contribution is 5.82. The molecule has 4 heteroatoms. The predicted octanol–water partition coefficient (Wildman–Crippen LogP) is 2.28. The van der Waals surface area contributed by atoms with Gasteiger partial charge in [-0.05, 0) is 12.8 Å². The van der Waals surface area contributed by atoms with Crippen LogP contribution in [-0.2, 0) is 9.59 Å². The van der Waals surface area contributed by atoms with Gasteiger partial charge < -0.3 is 9.80 Å². The first-order valence-corrected chi connectivity index (χ1v) is 7.98. The monoisotopic (exact) mass is 280 g/mol. The Morgan fingerprint density at radius 3 is 1.85 bits per heavy atom. The number of piperazine rings is 1. The molecule has 0 radical (unpaired) electrons. The lowest BCUT2D eigenvalue weighted by Crippen LogP contribution is -2.54. The molecule has 2 amide bonds. The largest absolute Gasteiger partial charge is 0.339 e. The number of nitrogens with zero attached hydrogens (tertiary/aromatic N) is 2. The van der Waals surface area contributed by atoms with E-state index in [1.54, 1.807) is 0 Å². The maximum absolute atomic E-state index is 12.4. The number of rotatable bonds is 1. The number of hydrogen-bond acceptors (Lipinski definition) is 2. The molecule has 2 aliphatic rings.